The summed E-state index contributed by atoms with van der Waals surface area (Å²) in [6, 6.07) is 5.56. The molecule has 2 aliphatic rings. The van der Waals surface area contributed by atoms with Crippen LogP contribution in [0.5, 0.6) is 0 Å². The van der Waals surface area contributed by atoms with Gasteiger partial charge in [-0.15, -0.1) is 0 Å². The van der Waals surface area contributed by atoms with Crippen molar-refractivity contribution in [1.82, 2.24) is 0 Å². The molecule has 0 aliphatic carbocycles. The predicted molar refractivity (Wildman–Crippen MR) is 83.8 cm³/mol. The van der Waals surface area contributed by atoms with Crippen molar-refractivity contribution in [2.75, 3.05) is 30.0 Å². The summed E-state index contributed by atoms with van der Waals surface area (Å²) in [6.07, 6.45) is 2.03. The zero-order chi connectivity index (χ0) is 15.7. The van der Waals surface area contributed by atoms with Gasteiger partial charge in [0.1, 0.15) is 5.54 Å². The van der Waals surface area contributed by atoms with Crippen molar-refractivity contribution < 1.29 is 14.3 Å². The largest absolute Gasteiger partial charge is 0.379 e. The van der Waals surface area contributed by atoms with E-state index in [-0.39, 0.29) is 18.4 Å². The molecule has 2 fully saturated rings. The van der Waals surface area contributed by atoms with Gasteiger partial charge in [-0.25, -0.2) is 0 Å². The van der Waals surface area contributed by atoms with Crippen LogP contribution in [0.3, 0.4) is 0 Å². The molecule has 2 aliphatic heterocycles. The summed E-state index contributed by atoms with van der Waals surface area (Å²) in [6.45, 7) is 3.46. The van der Waals surface area contributed by atoms with Crippen molar-refractivity contribution in [1.29, 1.82) is 0 Å². The SMILES string of the molecule is Cc1cc(NC(=O)C2(N)CCOC2)ccc1N1CCCC1=O. The summed E-state index contributed by atoms with van der Waals surface area (Å²) in [5, 5.41) is 2.85. The molecule has 2 saturated heterocycles. The Morgan fingerprint density at radius 1 is 1.45 bits per heavy atom. The molecular formula is C16H21N3O3. The van der Waals surface area contributed by atoms with Crippen molar-refractivity contribution in [2.45, 2.75) is 31.7 Å². The second kappa shape index (κ2) is 5.70. The minimum Gasteiger partial charge on any atom is -0.379 e. The standard InChI is InChI=1S/C16H21N3O3/c1-11-9-12(18-15(21)16(17)6-8-22-10-16)4-5-13(11)19-7-2-3-14(19)20/h4-5,9H,2-3,6-8,10,17H2,1H3,(H,18,21). The summed E-state index contributed by atoms with van der Waals surface area (Å²) in [4.78, 5) is 25.9. The fourth-order valence-electron chi connectivity index (χ4n) is 2.95. The molecule has 22 heavy (non-hydrogen) atoms. The molecule has 1 unspecified atom stereocenters. The van der Waals surface area contributed by atoms with Gasteiger partial charge in [-0.3, -0.25) is 9.59 Å². The minimum absolute atomic E-state index is 0.156. The van der Waals surface area contributed by atoms with Crippen LogP contribution >= 0.6 is 0 Å². The molecule has 0 spiro atoms. The van der Waals surface area contributed by atoms with Crippen molar-refractivity contribution in [2.24, 2.45) is 5.73 Å². The molecule has 1 atom stereocenters. The van der Waals surface area contributed by atoms with Gasteiger partial charge < -0.3 is 20.7 Å². The Labute approximate surface area is 129 Å². The van der Waals surface area contributed by atoms with Gasteiger partial charge in [-0.2, -0.15) is 0 Å². The molecule has 1 aromatic carbocycles. The lowest BCUT2D eigenvalue weighted by molar-refractivity contribution is -0.121. The number of aryl methyl sites for hydroxylation is 1. The Morgan fingerprint density at radius 2 is 2.27 bits per heavy atom. The van der Waals surface area contributed by atoms with Gasteiger partial charge in [-0.1, -0.05) is 0 Å². The summed E-state index contributed by atoms with van der Waals surface area (Å²) in [5.41, 5.74) is 7.66. The van der Waals surface area contributed by atoms with Gasteiger partial charge in [0.25, 0.3) is 0 Å². The van der Waals surface area contributed by atoms with Gasteiger partial charge in [0.2, 0.25) is 11.8 Å². The van der Waals surface area contributed by atoms with Crippen LogP contribution in [0.25, 0.3) is 0 Å². The van der Waals surface area contributed by atoms with E-state index in [1.54, 1.807) is 4.90 Å². The molecule has 6 nitrogen and oxygen atoms in total. The molecule has 2 heterocycles. The van der Waals surface area contributed by atoms with Crippen molar-refractivity contribution in [3.63, 3.8) is 0 Å². The van der Waals surface area contributed by atoms with E-state index >= 15 is 0 Å². The van der Waals surface area contributed by atoms with E-state index in [0.29, 0.717) is 25.1 Å². The smallest absolute Gasteiger partial charge is 0.246 e. The Balaban J connectivity index is 1.74. The van der Waals surface area contributed by atoms with E-state index in [1.807, 2.05) is 25.1 Å². The lowest BCUT2D eigenvalue weighted by Gasteiger charge is -2.22. The molecule has 0 saturated carbocycles. The monoisotopic (exact) mass is 303 g/mol. The quantitative estimate of drug-likeness (QED) is 0.878. The molecule has 1 aromatic rings. The molecule has 0 radical (unpaired) electrons. The van der Waals surface area contributed by atoms with Gasteiger partial charge >= 0.3 is 0 Å². The highest BCUT2D eigenvalue weighted by atomic mass is 16.5. The first-order valence-electron chi connectivity index (χ1n) is 7.59. The average Bonchev–Trinajstić information content (AvgIpc) is 3.09. The zero-order valence-electron chi connectivity index (χ0n) is 12.7. The molecule has 2 amide bonds. The van der Waals surface area contributed by atoms with Crippen LogP contribution in [0.15, 0.2) is 18.2 Å². The number of hydrogen-bond acceptors (Lipinski definition) is 4. The van der Waals surface area contributed by atoms with Gasteiger partial charge in [0.15, 0.2) is 0 Å². The number of nitrogens with one attached hydrogen (secondary N) is 1. The third-order valence-corrected chi connectivity index (χ3v) is 4.32. The number of carbonyl (C=O) groups excluding carboxylic acids is 2. The molecule has 0 bridgehead atoms. The summed E-state index contributed by atoms with van der Waals surface area (Å²) in [7, 11) is 0. The number of anilines is 2. The number of nitrogens with two attached hydrogens (primary N) is 1. The number of carbonyl (C=O) groups is 2. The van der Waals surface area contributed by atoms with Crippen molar-refractivity contribution in [3.8, 4) is 0 Å². The normalized spacial score (nSPS) is 24.8. The number of benzene rings is 1. The van der Waals surface area contributed by atoms with Crippen LogP contribution in [0.2, 0.25) is 0 Å². The highest BCUT2D eigenvalue weighted by molar-refractivity contribution is 5.99. The van der Waals surface area contributed by atoms with Gasteiger partial charge in [0, 0.05) is 30.9 Å². The molecule has 118 valence electrons. The van der Waals surface area contributed by atoms with Gasteiger partial charge in [-0.05, 0) is 43.5 Å². The second-order valence-corrected chi connectivity index (χ2v) is 6.06. The second-order valence-electron chi connectivity index (χ2n) is 6.06. The van der Waals surface area contributed by atoms with Crippen LogP contribution in [-0.4, -0.2) is 37.1 Å². The summed E-state index contributed by atoms with van der Waals surface area (Å²) in [5.74, 6) is -0.0710. The topological polar surface area (TPSA) is 84.7 Å². The van der Waals surface area contributed by atoms with Crippen LogP contribution < -0.4 is 16.0 Å². The first-order valence-corrected chi connectivity index (χ1v) is 7.59. The lowest BCUT2D eigenvalue weighted by Crippen LogP contribution is -2.51. The van der Waals surface area contributed by atoms with E-state index in [2.05, 4.69) is 5.32 Å². The van der Waals surface area contributed by atoms with E-state index in [9.17, 15) is 9.59 Å². The minimum atomic E-state index is -0.947. The zero-order valence-corrected chi connectivity index (χ0v) is 12.7. The Bertz CT molecular complexity index is 609. The first-order chi connectivity index (χ1) is 10.5. The Hall–Kier alpha value is -1.92. The highest BCUT2D eigenvalue weighted by Gasteiger charge is 2.38. The first kappa shape index (κ1) is 15.0. The molecule has 3 rings (SSSR count). The summed E-state index contributed by atoms with van der Waals surface area (Å²) < 4.78 is 5.21. The fourth-order valence-corrected chi connectivity index (χ4v) is 2.95. The molecule has 3 N–H and O–H groups in total. The predicted octanol–water partition coefficient (Wildman–Crippen LogP) is 1.18. The maximum atomic E-state index is 12.3. The number of amides is 2. The molecule has 6 heteroatoms. The van der Waals surface area contributed by atoms with Crippen LogP contribution in [0.4, 0.5) is 11.4 Å². The maximum Gasteiger partial charge on any atom is 0.246 e. The maximum absolute atomic E-state index is 12.3. The van der Waals surface area contributed by atoms with E-state index in [0.717, 1.165) is 24.2 Å². The number of ether oxygens (including phenoxy) is 1. The fraction of sp³-hybridized carbons (Fsp3) is 0.500. The third kappa shape index (κ3) is 2.71. The highest BCUT2D eigenvalue weighted by Crippen LogP contribution is 2.28. The van der Waals surface area contributed by atoms with Crippen molar-refractivity contribution >= 4 is 23.2 Å². The van der Waals surface area contributed by atoms with E-state index in [1.165, 1.54) is 0 Å². The Morgan fingerprint density at radius 3 is 2.86 bits per heavy atom. The number of hydrogen-bond donors (Lipinski definition) is 2. The third-order valence-electron chi connectivity index (χ3n) is 4.32. The molecule has 0 aromatic heterocycles. The van der Waals surface area contributed by atoms with Crippen LogP contribution in [-0.2, 0) is 14.3 Å². The van der Waals surface area contributed by atoms with Crippen LogP contribution in [0.1, 0.15) is 24.8 Å². The summed E-state index contributed by atoms with van der Waals surface area (Å²) >= 11 is 0. The Kier molecular flexibility index (Phi) is 3.88. The number of nitrogens with zero attached hydrogens (tertiary/aromatic N) is 1. The number of rotatable bonds is 3. The van der Waals surface area contributed by atoms with E-state index < -0.39 is 5.54 Å². The van der Waals surface area contributed by atoms with Crippen molar-refractivity contribution in [3.05, 3.63) is 23.8 Å². The van der Waals surface area contributed by atoms with Gasteiger partial charge in [0.05, 0.1) is 6.61 Å². The van der Waals surface area contributed by atoms with Crippen LogP contribution in [0, 0.1) is 6.92 Å². The average molecular weight is 303 g/mol. The molecular weight excluding hydrogens is 282 g/mol. The lowest BCUT2D eigenvalue weighted by atomic mass is 9.99. The van der Waals surface area contributed by atoms with E-state index in [4.69, 9.17) is 10.5 Å².